The molecule has 1 aliphatic rings. The van der Waals surface area contributed by atoms with Crippen molar-refractivity contribution in [1.29, 1.82) is 0 Å². The number of likely N-dealkylation sites (tertiary alicyclic amines) is 1. The van der Waals surface area contributed by atoms with Gasteiger partial charge in [-0.05, 0) is 44.7 Å². The Balaban J connectivity index is 1.69. The molecule has 1 fully saturated rings. The van der Waals surface area contributed by atoms with Gasteiger partial charge in [-0.1, -0.05) is 60.7 Å². The number of hydrogen-bond donors (Lipinski definition) is 3. The largest absolute Gasteiger partial charge is 0.445 e. The molecule has 8 nitrogen and oxygen atoms in total. The van der Waals surface area contributed by atoms with Crippen LogP contribution in [0.5, 0.6) is 0 Å². The average molecular weight is 498 g/mol. The molecule has 8 heteroatoms. The maximum atomic E-state index is 13.0. The molecule has 1 aliphatic heterocycles. The zero-order valence-electron chi connectivity index (χ0n) is 21.6. The van der Waals surface area contributed by atoms with Gasteiger partial charge in [0.15, 0.2) is 0 Å². The number of nitrogens with one attached hydrogen (secondary N) is 2. The summed E-state index contributed by atoms with van der Waals surface area (Å²) >= 11 is 0. The number of carbonyl (C=O) groups excluding carboxylic acids is 2. The number of carbonyl (C=O) groups is 2. The molecule has 36 heavy (non-hydrogen) atoms. The van der Waals surface area contributed by atoms with E-state index in [-0.39, 0.29) is 30.7 Å². The lowest BCUT2D eigenvalue weighted by atomic mass is 10.0. The molecule has 0 bridgehead atoms. The highest BCUT2D eigenvalue weighted by molar-refractivity contribution is 5.82. The molecule has 0 unspecified atom stereocenters. The van der Waals surface area contributed by atoms with Gasteiger partial charge in [0.25, 0.3) is 0 Å². The highest BCUT2D eigenvalue weighted by Gasteiger charge is 2.39. The molecular formula is C28H39N3O5. The molecule has 0 spiro atoms. The van der Waals surface area contributed by atoms with Crippen LogP contribution in [0.2, 0.25) is 0 Å². The van der Waals surface area contributed by atoms with E-state index >= 15 is 0 Å². The molecule has 2 aromatic rings. The fourth-order valence-corrected chi connectivity index (χ4v) is 4.39. The van der Waals surface area contributed by atoms with Gasteiger partial charge in [-0.15, -0.1) is 0 Å². The van der Waals surface area contributed by atoms with Crippen molar-refractivity contribution >= 4 is 12.0 Å². The molecule has 4 atom stereocenters. The highest BCUT2D eigenvalue weighted by atomic mass is 16.5. The van der Waals surface area contributed by atoms with Gasteiger partial charge in [0, 0.05) is 25.7 Å². The summed E-state index contributed by atoms with van der Waals surface area (Å²) < 4.78 is 10.9. The van der Waals surface area contributed by atoms with E-state index in [0.717, 1.165) is 11.1 Å². The van der Waals surface area contributed by atoms with E-state index < -0.39 is 24.3 Å². The number of benzene rings is 2. The second-order valence-electron chi connectivity index (χ2n) is 10.4. The predicted molar refractivity (Wildman–Crippen MR) is 138 cm³/mol. The van der Waals surface area contributed by atoms with Gasteiger partial charge in [0.1, 0.15) is 6.61 Å². The number of aliphatic hydroxyl groups excluding tert-OH is 1. The Hall–Kier alpha value is -2.94. The Morgan fingerprint density at radius 2 is 1.67 bits per heavy atom. The normalized spacial score (nSPS) is 19.9. The first-order valence-electron chi connectivity index (χ1n) is 12.4. The summed E-state index contributed by atoms with van der Waals surface area (Å²) in [5.41, 5.74) is 1.48. The van der Waals surface area contributed by atoms with E-state index in [1.54, 1.807) is 7.11 Å². The number of ether oxygens (including phenoxy) is 2. The Morgan fingerprint density at radius 1 is 1.06 bits per heavy atom. The zero-order chi connectivity index (χ0) is 26.1. The minimum absolute atomic E-state index is 0.0934. The zero-order valence-corrected chi connectivity index (χ0v) is 21.6. The third kappa shape index (κ3) is 8.62. The number of hydrogen-bond acceptors (Lipinski definition) is 6. The third-order valence-corrected chi connectivity index (χ3v) is 6.20. The summed E-state index contributed by atoms with van der Waals surface area (Å²) in [7, 11) is 1.63. The number of β-amino-alcohol motifs (C(OH)–C–C–N with tert-alkyl or cyclic N) is 1. The van der Waals surface area contributed by atoms with Crippen molar-refractivity contribution in [3.05, 3.63) is 71.8 Å². The monoisotopic (exact) mass is 497 g/mol. The van der Waals surface area contributed by atoms with Crippen LogP contribution >= 0.6 is 0 Å². The summed E-state index contributed by atoms with van der Waals surface area (Å²) in [5, 5.41) is 17.2. The molecule has 1 saturated heterocycles. The first kappa shape index (κ1) is 27.6. The SMILES string of the molecule is CO[C@@H]1C[C@@H](C(=O)NC(C)(C)C)N(C[C@@H](O)[C@H](Cc2ccccc2)NC(=O)OCc2ccccc2)C1. The Bertz CT molecular complexity index is 964. The minimum atomic E-state index is -0.935. The molecular weight excluding hydrogens is 458 g/mol. The third-order valence-electron chi connectivity index (χ3n) is 6.20. The first-order chi connectivity index (χ1) is 17.1. The summed E-state index contributed by atoms with van der Waals surface area (Å²) in [6.45, 7) is 6.68. The van der Waals surface area contributed by atoms with E-state index in [4.69, 9.17) is 9.47 Å². The fraction of sp³-hybridized carbons (Fsp3) is 0.500. The first-order valence-corrected chi connectivity index (χ1v) is 12.4. The van der Waals surface area contributed by atoms with Crippen molar-refractivity contribution in [2.75, 3.05) is 20.2 Å². The second-order valence-corrected chi connectivity index (χ2v) is 10.4. The molecule has 3 N–H and O–H groups in total. The molecule has 2 aromatic carbocycles. The van der Waals surface area contributed by atoms with Gasteiger partial charge in [0.05, 0.1) is 24.3 Å². The molecule has 0 saturated carbocycles. The Labute approximate surface area is 214 Å². The standard InChI is InChI=1S/C28H39N3O5/c1-28(2,3)30-26(33)24-16-22(35-4)17-31(24)18-25(32)23(15-20-11-7-5-8-12-20)29-27(34)36-19-21-13-9-6-10-14-21/h5-14,22-25,32H,15-19H2,1-4H3,(H,29,34)(H,30,33)/t22-,23+,24+,25-/m1/s1. The van der Waals surface area contributed by atoms with E-state index in [9.17, 15) is 14.7 Å². The number of methoxy groups -OCH3 is 1. The van der Waals surface area contributed by atoms with Crippen LogP contribution in [-0.4, -0.2) is 72.0 Å². The predicted octanol–water partition coefficient (Wildman–Crippen LogP) is 2.89. The van der Waals surface area contributed by atoms with Crippen LogP contribution in [0, 0.1) is 0 Å². The van der Waals surface area contributed by atoms with E-state index in [1.165, 1.54) is 0 Å². The minimum Gasteiger partial charge on any atom is -0.445 e. The Kier molecular flexibility index (Phi) is 9.87. The summed E-state index contributed by atoms with van der Waals surface area (Å²) in [6, 6.07) is 18.1. The fourth-order valence-electron chi connectivity index (χ4n) is 4.39. The number of aliphatic hydroxyl groups is 1. The van der Waals surface area contributed by atoms with Gasteiger partial charge in [-0.2, -0.15) is 0 Å². The van der Waals surface area contributed by atoms with Crippen molar-refractivity contribution in [1.82, 2.24) is 15.5 Å². The lowest BCUT2D eigenvalue weighted by Crippen LogP contribution is -2.54. The van der Waals surface area contributed by atoms with Crippen LogP contribution in [-0.2, 0) is 27.3 Å². The van der Waals surface area contributed by atoms with Crippen molar-refractivity contribution in [3.8, 4) is 0 Å². The van der Waals surface area contributed by atoms with Crippen LogP contribution in [0.3, 0.4) is 0 Å². The summed E-state index contributed by atoms with van der Waals surface area (Å²) in [5.74, 6) is -0.0934. The van der Waals surface area contributed by atoms with Crippen molar-refractivity contribution in [2.24, 2.45) is 0 Å². The smallest absolute Gasteiger partial charge is 0.407 e. The van der Waals surface area contributed by atoms with E-state index in [0.29, 0.717) is 19.4 Å². The molecule has 2 amide bonds. The summed E-state index contributed by atoms with van der Waals surface area (Å²) in [4.78, 5) is 27.6. The summed E-state index contributed by atoms with van der Waals surface area (Å²) in [6.07, 6.45) is -0.680. The van der Waals surface area contributed by atoms with Gasteiger partial charge >= 0.3 is 6.09 Å². The molecule has 1 heterocycles. The lowest BCUT2D eigenvalue weighted by molar-refractivity contribution is -0.127. The van der Waals surface area contributed by atoms with Crippen LogP contribution in [0.25, 0.3) is 0 Å². The number of nitrogens with zero attached hydrogens (tertiary/aromatic N) is 1. The van der Waals surface area contributed by atoms with Gasteiger partial charge < -0.3 is 25.2 Å². The van der Waals surface area contributed by atoms with Crippen molar-refractivity contribution in [2.45, 2.75) is 70.1 Å². The van der Waals surface area contributed by atoms with Crippen LogP contribution in [0.15, 0.2) is 60.7 Å². The maximum Gasteiger partial charge on any atom is 0.407 e. The van der Waals surface area contributed by atoms with Crippen molar-refractivity contribution in [3.63, 3.8) is 0 Å². The van der Waals surface area contributed by atoms with E-state index in [2.05, 4.69) is 10.6 Å². The number of amides is 2. The number of alkyl carbamates (subject to hydrolysis) is 1. The quantitative estimate of drug-likeness (QED) is 0.467. The number of rotatable bonds is 10. The van der Waals surface area contributed by atoms with Crippen LogP contribution in [0.1, 0.15) is 38.3 Å². The second kappa shape index (κ2) is 12.9. The molecule has 0 aromatic heterocycles. The topological polar surface area (TPSA) is 100 Å². The highest BCUT2D eigenvalue weighted by Crippen LogP contribution is 2.22. The van der Waals surface area contributed by atoms with E-state index in [1.807, 2.05) is 86.3 Å². The maximum absolute atomic E-state index is 13.0. The lowest BCUT2D eigenvalue weighted by Gasteiger charge is -2.32. The van der Waals surface area contributed by atoms with Gasteiger partial charge in [-0.3, -0.25) is 9.69 Å². The Morgan fingerprint density at radius 3 is 2.25 bits per heavy atom. The molecule has 3 rings (SSSR count). The molecule has 0 radical (unpaired) electrons. The molecule has 196 valence electrons. The average Bonchev–Trinajstić information content (AvgIpc) is 3.25. The van der Waals surface area contributed by atoms with Crippen LogP contribution < -0.4 is 10.6 Å². The van der Waals surface area contributed by atoms with Crippen LogP contribution in [0.4, 0.5) is 4.79 Å². The molecule has 0 aliphatic carbocycles. The van der Waals surface area contributed by atoms with Crippen molar-refractivity contribution < 1.29 is 24.2 Å². The van der Waals surface area contributed by atoms with Gasteiger partial charge in [0.2, 0.25) is 5.91 Å². The van der Waals surface area contributed by atoms with Gasteiger partial charge in [-0.25, -0.2) is 4.79 Å².